The highest BCUT2D eigenvalue weighted by Crippen LogP contribution is 2.31. The van der Waals surface area contributed by atoms with Crippen LogP contribution in [0.1, 0.15) is 23.2 Å². The topological polar surface area (TPSA) is 115 Å². The van der Waals surface area contributed by atoms with Gasteiger partial charge in [0.15, 0.2) is 17.3 Å². The number of benzene rings is 2. The van der Waals surface area contributed by atoms with Gasteiger partial charge < -0.3 is 24.5 Å². The second-order valence-corrected chi connectivity index (χ2v) is 7.42. The van der Waals surface area contributed by atoms with E-state index in [1.54, 1.807) is 25.3 Å². The van der Waals surface area contributed by atoms with Crippen LogP contribution in [0.2, 0.25) is 0 Å². The lowest BCUT2D eigenvalue weighted by Gasteiger charge is -2.11. The molecule has 9 heteroatoms. The number of carbonyl (C=O) groups excluding carboxylic acids is 1. The number of hydrogen-bond donors (Lipinski definition) is 2. The quantitative estimate of drug-likeness (QED) is 0.429. The third-order valence-electron chi connectivity index (χ3n) is 4.91. The molecule has 1 amide bonds. The van der Waals surface area contributed by atoms with Crippen LogP contribution in [0.25, 0.3) is 11.4 Å². The van der Waals surface area contributed by atoms with E-state index in [0.29, 0.717) is 42.6 Å². The molecule has 0 unspecified atom stereocenters. The summed E-state index contributed by atoms with van der Waals surface area (Å²) in [5, 5.41) is 11.0. The van der Waals surface area contributed by atoms with Crippen molar-refractivity contribution in [2.75, 3.05) is 27.4 Å². The number of aromatic amines is 1. The maximum Gasteiger partial charge on any atom is 0.273 e. The maximum absolute atomic E-state index is 12.5. The van der Waals surface area contributed by atoms with E-state index >= 15 is 0 Å². The first-order valence-electron chi connectivity index (χ1n) is 10.6. The Morgan fingerprint density at radius 2 is 1.91 bits per heavy atom. The largest absolute Gasteiger partial charge is 0.493 e. The standard InChI is InChI=1S/C24H28N4O5/c1-16-5-4-6-17(13-16)15-25-22(29)10-8-19-24(30)26-23(28-27-19)18-7-9-20(21(14-18)32-3)33-12-11-31-2/h4-7,9,13-14H,8,10-12,15H2,1-3H3,(H,25,29)(H,26,28,30). The van der Waals surface area contributed by atoms with E-state index in [1.165, 1.54) is 7.11 Å². The van der Waals surface area contributed by atoms with E-state index in [-0.39, 0.29) is 30.0 Å². The number of H-pyrrole nitrogens is 1. The first-order valence-corrected chi connectivity index (χ1v) is 10.6. The van der Waals surface area contributed by atoms with Gasteiger partial charge in [-0.3, -0.25) is 9.59 Å². The summed E-state index contributed by atoms with van der Waals surface area (Å²) >= 11 is 0. The molecule has 1 heterocycles. The summed E-state index contributed by atoms with van der Waals surface area (Å²) in [5.74, 6) is 1.20. The van der Waals surface area contributed by atoms with Crippen LogP contribution in [-0.2, 0) is 22.5 Å². The first kappa shape index (κ1) is 23.9. The first-order chi connectivity index (χ1) is 16.0. The molecule has 2 N–H and O–H groups in total. The summed E-state index contributed by atoms with van der Waals surface area (Å²) in [6.07, 6.45) is 0.335. The molecule has 2 aromatic carbocycles. The van der Waals surface area contributed by atoms with Crippen molar-refractivity contribution < 1.29 is 19.0 Å². The molecule has 0 radical (unpaired) electrons. The van der Waals surface area contributed by atoms with E-state index in [2.05, 4.69) is 20.5 Å². The van der Waals surface area contributed by atoms with Crippen LogP contribution < -0.4 is 20.3 Å². The molecule has 9 nitrogen and oxygen atoms in total. The molecule has 0 fully saturated rings. The zero-order valence-electron chi connectivity index (χ0n) is 19.0. The number of nitrogens with zero attached hydrogens (tertiary/aromatic N) is 2. The highest BCUT2D eigenvalue weighted by atomic mass is 16.5. The van der Waals surface area contributed by atoms with Gasteiger partial charge in [0.05, 0.1) is 13.7 Å². The average Bonchev–Trinajstić information content (AvgIpc) is 2.82. The summed E-state index contributed by atoms with van der Waals surface area (Å²) < 4.78 is 16.0. The number of carbonyl (C=O) groups is 1. The van der Waals surface area contributed by atoms with Crippen LogP contribution in [-0.4, -0.2) is 48.5 Å². The van der Waals surface area contributed by atoms with E-state index in [1.807, 2.05) is 31.2 Å². The highest BCUT2D eigenvalue weighted by molar-refractivity contribution is 5.76. The van der Waals surface area contributed by atoms with E-state index < -0.39 is 0 Å². The van der Waals surface area contributed by atoms with Crippen molar-refractivity contribution >= 4 is 5.91 Å². The average molecular weight is 453 g/mol. The van der Waals surface area contributed by atoms with Gasteiger partial charge in [-0.1, -0.05) is 29.8 Å². The molecule has 0 saturated heterocycles. The molecule has 3 aromatic rings. The Morgan fingerprint density at radius 3 is 2.64 bits per heavy atom. The van der Waals surface area contributed by atoms with Crippen LogP contribution in [0.3, 0.4) is 0 Å². The van der Waals surface area contributed by atoms with Gasteiger partial charge in [0.2, 0.25) is 5.91 Å². The molecule has 1 aromatic heterocycles. The third kappa shape index (κ3) is 6.88. The molecule has 0 spiro atoms. The molecular weight excluding hydrogens is 424 g/mol. The van der Waals surface area contributed by atoms with Gasteiger partial charge in [0, 0.05) is 32.1 Å². The van der Waals surface area contributed by atoms with Crippen molar-refractivity contribution in [3.63, 3.8) is 0 Å². The normalized spacial score (nSPS) is 10.6. The molecule has 0 saturated carbocycles. The smallest absolute Gasteiger partial charge is 0.273 e. The Kier molecular flexibility index (Phi) is 8.54. The van der Waals surface area contributed by atoms with E-state index in [9.17, 15) is 9.59 Å². The Bertz CT molecular complexity index is 1150. The molecule has 0 atom stereocenters. The number of methoxy groups -OCH3 is 2. The van der Waals surface area contributed by atoms with Crippen molar-refractivity contribution in [1.29, 1.82) is 0 Å². The second kappa shape index (κ2) is 11.8. The molecule has 174 valence electrons. The number of amides is 1. The fourth-order valence-electron chi connectivity index (χ4n) is 3.17. The maximum atomic E-state index is 12.5. The molecule has 33 heavy (non-hydrogen) atoms. The monoisotopic (exact) mass is 452 g/mol. The Labute approximate surface area is 192 Å². The van der Waals surface area contributed by atoms with Gasteiger partial charge in [-0.25, -0.2) is 0 Å². The van der Waals surface area contributed by atoms with Crippen molar-refractivity contribution in [2.24, 2.45) is 0 Å². The number of rotatable bonds is 11. The minimum Gasteiger partial charge on any atom is -0.493 e. The Hall–Kier alpha value is -3.72. The van der Waals surface area contributed by atoms with Crippen molar-refractivity contribution in [3.05, 3.63) is 69.6 Å². The predicted molar refractivity (Wildman–Crippen MR) is 123 cm³/mol. The summed E-state index contributed by atoms with van der Waals surface area (Å²) in [7, 11) is 3.13. The van der Waals surface area contributed by atoms with Crippen LogP contribution in [0.4, 0.5) is 0 Å². The van der Waals surface area contributed by atoms with Crippen molar-refractivity contribution in [1.82, 2.24) is 20.5 Å². The number of ether oxygens (including phenoxy) is 3. The summed E-state index contributed by atoms with van der Waals surface area (Å²) in [5.41, 5.74) is 2.60. The van der Waals surface area contributed by atoms with E-state index in [0.717, 1.165) is 11.1 Å². The van der Waals surface area contributed by atoms with Gasteiger partial charge in [-0.2, -0.15) is 0 Å². The number of nitrogens with one attached hydrogen (secondary N) is 2. The van der Waals surface area contributed by atoms with Crippen LogP contribution in [0.5, 0.6) is 11.5 Å². The Morgan fingerprint density at radius 1 is 1.06 bits per heavy atom. The Balaban J connectivity index is 1.60. The van der Waals surface area contributed by atoms with Gasteiger partial charge in [-0.05, 0) is 30.7 Å². The SMILES string of the molecule is COCCOc1ccc(-c2nnc(CCC(=O)NCc3cccc(C)c3)c(=O)[nH]2)cc1OC. The van der Waals surface area contributed by atoms with Gasteiger partial charge in [-0.15, -0.1) is 10.2 Å². The second-order valence-electron chi connectivity index (χ2n) is 7.42. The van der Waals surface area contributed by atoms with E-state index in [4.69, 9.17) is 14.2 Å². The highest BCUT2D eigenvalue weighted by Gasteiger charge is 2.12. The zero-order valence-corrected chi connectivity index (χ0v) is 19.0. The van der Waals surface area contributed by atoms with Gasteiger partial charge in [0.1, 0.15) is 12.3 Å². The molecular formula is C24H28N4O5. The number of hydrogen-bond acceptors (Lipinski definition) is 7. The van der Waals surface area contributed by atoms with Crippen LogP contribution in [0.15, 0.2) is 47.3 Å². The zero-order chi connectivity index (χ0) is 23.6. The number of aryl methyl sites for hydroxylation is 2. The molecule has 0 aliphatic rings. The molecule has 0 aliphatic heterocycles. The fraction of sp³-hybridized carbons (Fsp3) is 0.333. The van der Waals surface area contributed by atoms with Crippen molar-refractivity contribution in [2.45, 2.75) is 26.3 Å². The molecule has 3 rings (SSSR count). The summed E-state index contributed by atoms with van der Waals surface area (Å²) in [6.45, 7) is 3.28. The van der Waals surface area contributed by atoms with Gasteiger partial charge in [0.25, 0.3) is 5.56 Å². The molecule has 0 aliphatic carbocycles. The van der Waals surface area contributed by atoms with Crippen LogP contribution in [0, 0.1) is 6.92 Å². The summed E-state index contributed by atoms with van der Waals surface area (Å²) in [4.78, 5) is 27.4. The lowest BCUT2D eigenvalue weighted by Crippen LogP contribution is -2.25. The van der Waals surface area contributed by atoms with Crippen molar-refractivity contribution in [3.8, 4) is 22.9 Å². The predicted octanol–water partition coefficient (Wildman–Crippen LogP) is 2.42. The minimum atomic E-state index is -0.383. The fourth-order valence-corrected chi connectivity index (χ4v) is 3.17. The number of aromatic nitrogens is 3. The van der Waals surface area contributed by atoms with Gasteiger partial charge >= 0.3 is 0 Å². The van der Waals surface area contributed by atoms with Crippen LogP contribution >= 0.6 is 0 Å². The molecule has 0 bridgehead atoms. The summed E-state index contributed by atoms with van der Waals surface area (Å²) in [6, 6.07) is 13.1. The minimum absolute atomic E-state index is 0.143. The lowest BCUT2D eigenvalue weighted by atomic mass is 10.1. The third-order valence-corrected chi connectivity index (χ3v) is 4.91. The lowest BCUT2D eigenvalue weighted by molar-refractivity contribution is -0.121.